The van der Waals surface area contributed by atoms with Gasteiger partial charge in [-0.2, -0.15) is 0 Å². The summed E-state index contributed by atoms with van der Waals surface area (Å²) in [4.78, 5) is 25.6. The van der Waals surface area contributed by atoms with E-state index in [-0.39, 0.29) is 22.7 Å². The van der Waals surface area contributed by atoms with E-state index >= 15 is 0 Å². The molecule has 168 valence electrons. The lowest BCUT2D eigenvalue weighted by Crippen LogP contribution is -2.29. The highest BCUT2D eigenvalue weighted by Crippen LogP contribution is 2.16. The fourth-order valence-corrected chi connectivity index (χ4v) is 4.26. The minimum absolute atomic E-state index is 0.00308. The van der Waals surface area contributed by atoms with Gasteiger partial charge in [0.1, 0.15) is 11.3 Å². The molecule has 0 bridgehead atoms. The second kappa shape index (κ2) is 9.68. The van der Waals surface area contributed by atoms with E-state index in [1.165, 1.54) is 35.1 Å². The van der Waals surface area contributed by atoms with Crippen LogP contribution in [-0.2, 0) is 23.1 Å². The molecule has 2 heterocycles. The van der Waals surface area contributed by atoms with Crippen LogP contribution in [0.3, 0.4) is 0 Å². The van der Waals surface area contributed by atoms with Gasteiger partial charge in [0.25, 0.3) is 11.5 Å². The van der Waals surface area contributed by atoms with Crippen LogP contribution in [0.5, 0.6) is 0 Å². The number of nitrogens with zero attached hydrogens (tertiary/aromatic N) is 1. The zero-order valence-corrected chi connectivity index (χ0v) is 18.3. The average Bonchev–Trinajstić information content (AvgIpc) is 3.34. The van der Waals surface area contributed by atoms with E-state index in [2.05, 4.69) is 10.0 Å². The van der Waals surface area contributed by atoms with Gasteiger partial charge in [-0.15, -0.1) is 0 Å². The number of hydrogen-bond donors (Lipinski definition) is 2. The Hall–Kier alpha value is -3.95. The van der Waals surface area contributed by atoms with Crippen molar-refractivity contribution in [2.45, 2.75) is 18.0 Å². The summed E-state index contributed by atoms with van der Waals surface area (Å²) < 4.78 is 34.2. The van der Waals surface area contributed by atoms with Gasteiger partial charge < -0.3 is 14.3 Å². The van der Waals surface area contributed by atoms with Crippen molar-refractivity contribution < 1.29 is 17.6 Å². The van der Waals surface area contributed by atoms with Crippen molar-refractivity contribution in [3.8, 4) is 0 Å². The first kappa shape index (κ1) is 22.3. The second-order valence-electron chi connectivity index (χ2n) is 7.23. The van der Waals surface area contributed by atoms with E-state index in [9.17, 15) is 18.0 Å². The molecular weight excluding hydrogens is 442 g/mol. The van der Waals surface area contributed by atoms with Gasteiger partial charge >= 0.3 is 0 Å². The predicted octanol–water partition coefficient (Wildman–Crippen LogP) is 3.22. The van der Waals surface area contributed by atoms with Gasteiger partial charge in [-0.1, -0.05) is 36.4 Å². The van der Waals surface area contributed by atoms with Crippen LogP contribution in [0.4, 0.5) is 5.69 Å². The minimum atomic E-state index is -3.84. The maximum atomic E-state index is 12.8. The standard InChI is InChI=1S/C24H21N3O5S/c28-23(22-12-5-13-27(24(22)29)17-18-7-2-1-3-8-18)26-19-9-4-11-21(15-19)33(30,31)25-16-20-10-6-14-32-20/h1-15,25H,16-17H2,(H,26,28). The Morgan fingerprint density at radius 1 is 0.939 bits per heavy atom. The van der Waals surface area contributed by atoms with Gasteiger partial charge in [-0.25, -0.2) is 13.1 Å². The lowest BCUT2D eigenvalue weighted by atomic mass is 10.2. The number of amides is 1. The molecule has 2 N–H and O–H groups in total. The number of pyridine rings is 1. The first-order valence-electron chi connectivity index (χ1n) is 10.1. The van der Waals surface area contributed by atoms with Crippen LogP contribution in [0, 0.1) is 0 Å². The zero-order valence-electron chi connectivity index (χ0n) is 17.5. The summed E-state index contributed by atoms with van der Waals surface area (Å²) in [5.41, 5.74) is 0.691. The molecule has 0 fully saturated rings. The second-order valence-corrected chi connectivity index (χ2v) is 8.99. The number of hydrogen-bond acceptors (Lipinski definition) is 5. The van der Waals surface area contributed by atoms with Crippen LogP contribution in [0.1, 0.15) is 21.7 Å². The third-order valence-corrected chi connectivity index (χ3v) is 6.28. The zero-order chi connectivity index (χ0) is 23.3. The van der Waals surface area contributed by atoms with Crippen LogP contribution >= 0.6 is 0 Å². The third-order valence-electron chi connectivity index (χ3n) is 4.88. The number of rotatable bonds is 8. The molecule has 0 aliphatic rings. The predicted molar refractivity (Wildman–Crippen MR) is 123 cm³/mol. The molecule has 2 aromatic carbocycles. The van der Waals surface area contributed by atoms with Crippen LogP contribution < -0.4 is 15.6 Å². The summed E-state index contributed by atoms with van der Waals surface area (Å²) in [7, 11) is -3.84. The van der Waals surface area contributed by atoms with Crippen LogP contribution in [-0.4, -0.2) is 18.9 Å². The Balaban J connectivity index is 1.50. The molecule has 0 aliphatic carbocycles. The maximum absolute atomic E-state index is 12.8. The topological polar surface area (TPSA) is 110 Å². The third kappa shape index (κ3) is 5.46. The summed E-state index contributed by atoms with van der Waals surface area (Å²) in [5.74, 6) is -0.153. The molecule has 8 nitrogen and oxygen atoms in total. The van der Waals surface area contributed by atoms with E-state index in [0.717, 1.165) is 5.56 Å². The molecule has 0 spiro atoms. The Morgan fingerprint density at radius 2 is 1.76 bits per heavy atom. The van der Waals surface area contributed by atoms with Crippen LogP contribution in [0.15, 0.2) is 105 Å². The van der Waals surface area contributed by atoms with Gasteiger partial charge in [0.15, 0.2) is 0 Å². The fourth-order valence-electron chi connectivity index (χ4n) is 3.22. The van der Waals surface area contributed by atoms with E-state index in [0.29, 0.717) is 12.3 Å². The molecule has 0 unspecified atom stereocenters. The molecule has 33 heavy (non-hydrogen) atoms. The molecule has 0 aliphatic heterocycles. The van der Waals surface area contributed by atoms with Crippen molar-refractivity contribution in [2.24, 2.45) is 0 Å². The van der Waals surface area contributed by atoms with Gasteiger partial charge in [-0.05, 0) is 48.0 Å². The van der Waals surface area contributed by atoms with Crippen molar-refractivity contribution in [3.63, 3.8) is 0 Å². The molecule has 0 atom stereocenters. The number of sulfonamides is 1. The molecule has 1 amide bonds. The molecule has 0 saturated heterocycles. The van der Waals surface area contributed by atoms with Crippen molar-refractivity contribution in [1.29, 1.82) is 0 Å². The normalized spacial score (nSPS) is 11.3. The quantitative estimate of drug-likeness (QED) is 0.417. The van der Waals surface area contributed by atoms with E-state index in [4.69, 9.17) is 4.42 Å². The van der Waals surface area contributed by atoms with Gasteiger partial charge in [-0.3, -0.25) is 9.59 Å². The Morgan fingerprint density at radius 3 is 2.52 bits per heavy atom. The number of benzene rings is 2. The highest BCUT2D eigenvalue weighted by atomic mass is 32.2. The Bertz CT molecular complexity index is 1410. The average molecular weight is 464 g/mol. The summed E-state index contributed by atoms with van der Waals surface area (Å²) in [6.45, 7) is 0.326. The number of anilines is 1. The lowest BCUT2D eigenvalue weighted by molar-refractivity contribution is 0.102. The minimum Gasteiger partial charge on any atom is -0.468 e. The largest absolute Gasteiger partial charge is 0.468 e. The Labute approximate surface area is 190 Å². The summed E-state index contributed by atoms with van der Waals surface area (Å²) in [5, 5.41) is 2.61. The monoisotopic (exact) mass is 463 g/mol. The smallest absolute Gasteiger partial charge is 0.263 e. The van der Waals surface area contributed by atoms with E-state index in [1.54, 1.807) is 30.5 Å². The fraction of sp³-hybridized carbons (Fsp3) is 0.0833. The summed E-state index contributed by atoms with van der Waals surface area (Å²) in [6, 6.07) is 21.6. The molecule has 9 heteroatoms. The molecule has 2 aromatic heterocycles. The molecule has 4 rings (SSSR count). The maximum Gasteiger partial charge on any atom is 0.263 e. The number of furan rings is 1. The van der Waals surface area contributed by atoms with E-state index < -0.39 is 21.5 Å². The molecule has 0 radical (unpaired) electrons. The Kier molecular flexibility index (Phi) is 6.53. The van der Waals surface area contributed by atoms with Gasteiger partial charge in [0.05, 0.1) is 24.2 Å². The van der Waals surface area contributed by atoms with Crippen molar-refractivity contribution in [3.05, 3.63) is 119 Å². The highest BCUT2D eigenvalue weighted by molar-refractivity contribution is 7.89. The van der Waals surface area contributed by atoms with Crippen molar-refractivity contribution in [2.75, 3.05) is 5.32 Å². The first-order chi connectivity index (χ1) is 15.9. The van der Waals surface area contributed by atoms with Crippen LogP contribution in [0.25, 0.3) is 0 Å². The number of carbonyl (C=O) groups excluding carboxylic acids is 1. The molecule has 4 aromatic rings. The van der Waals surface area contributed by atoms with Crippen molar-refractivity contribution in [1.82, 2.24) is 9.29 Å². The van der Waals surface area contributed by atoms with Crippen LogP contribution in [0.2, 0.25) is 0 Å². The van der Waals surface area contributed by atoms with E-state index in [1.807, 2.05) is 30.3 Å². The number of aromatic nitrogens is 1. The van der Waals surface area contributed by atoms with Gasteiger partial charge in [0, 0.05) is 11.9 Å². The number of nitrogens with one attached hydrogen (secondary N) is 2. The first-order valence-corrected chi connectivity index (χ1v) is 11.6. The van der Waals surface area contributed by atoms with Gasteiger partial charge in [0.2, 0.25) is 10.0 Å². The highest BCUT2D eigenvalue weighted by Gasteiger charge is 2.17. The molecule has 0 saturated carbocycles. The van der Waals surface area contributed by atoms with Crippen molar-refractivity contribution >= 4 is 21.6 Å². The summed E-state index contributed by atoms with van der Waals surface area (Å²) in [6.07, 6.45) is 3.07. The lowest BCUT2D eigenvalue weighted by Gasteiger charge is -2.10. The molecular formula is C24H21N3O5S. The SMILES string of the molecule is O=C(Nc1cccc(S(=O)(=O)NCc2ccco2)c1)c1cccn(Cc2ccccc2)c1=O. The number of carbonyl (C=O) groups is 1. The summed E-state index contributed by atoms with van der Waals surface area (Å²) >= 11 is 0.